The molecular formula is C15H10N2O6. The van der Waals surface area contributed by atoms with Crippen LogP contribution >= 0.6 is 0 Å². The summed E-state index contributed by atoms with van der Waals surface area (Å²) in [5.74, 6) is -1.74. The number of rotatable bonds is 1. The first-order valence-corrected chi connectivity index (χ1v) is 6.46. The summed E-state index contributed by atoms with van der Waals surface area (Å²) in [5.41, 5.74) is -1.94. The second-order valence-electron chi connectivity index (χ2n) is 4.95. The third kappa shape index (κ3) is 1.92. The Hall–Kier alpha value is -3.42. The first-order chi connectivity index (χ1) is 10.9. The number of benzene rings is 2. The number of aromatic hydroxyl groups is 1. The number of aliphatic hydroxyl groups is 1. The van der Waals surface area contributed by atoms with Crippen molar-refractivity contribution >= 4 is 34.3 Å². The molecule has 4 N–H and O–H groups in total. The van der Waals surface area contributed by atoms with Crippen LogP contribution in [0.2, 0.25) is 0 Å². The van der Waals surface area contributed by atoms with Gasteiger partial charge in [-0.15, -0.1) is 0 Å². The van der Waals surface area contributed by atoms with Gasteiger partial charge < -0.3 is 20.3 Å². The number of aromatic carboxylic acids is 1. The van der Waals surface area contributed by atoms with Gasteiger partial charge in [0.25, 0.3) is 0 Å². The van der Waals surface area contributed by atoms with Gasteiger partial charge in [0.05, 0.1) is 22.6 Å². The van der Waals surface area contributed by atoms with Gasteiger partial charge in [0.1, 0.15) is 22.3 Å². The van der Waals surface area contributed by atoms with Crippen LogP contribution in [0.1, 0.15) is 15.9 Å². The normalized spacial score (nSPS) is 12.1. The number of carbonyl (C=O) groups is 1. The average Bonchev–Trinajstić information content (AvgIpc) is 2.52. The number of phenols is 1. The number of phenolic OH excluding ortho intramolecular Hbond substituents is 1. The Bertz CT molecular complexity index is 1160. The number of carboxylic acids is 1. The lowest BCUT2D eigenvalue weighted by Crippen LogP contribution is -2.20. The second kappa shape index (κ2) is 4.80. The van der Waals surface area contributed by atoms with Crippen molar-refractivity contribution in [3.8, 4) is 5.75 Å². The molecule has 2 aromatic carbocycles. The largest absolute Gasteiger partial charge is 0.515 e. The summed E-state index contributed by atoms with van der Waals surface area (Å²) in [4.78, 5) is 42.1. The van der Waals surface area contributed by atoms with Crippen LogP contribution in [0.15, 0.2) is 21.7 Å². The van der Waals surface area contributed by atoms with E-state index in [0.29, 0.717) is 6.26 Å². The highest BCUT2D eigenvalue weighted by molar-refractivity contribution is 6.02. The fourth-order valence-electron chi connectivity index (χ4n) is 2.43. The molecule has 0 fully saturated rings. The summed E-state index contributed by atoms with van der Waals surface area (Å²) in [6.07, 6.45) is 0.572. The highest BCUT2D eigenvalue weighted by Gasteiger charge is 2.17. The summed E-state index contributed by atoms with van der Waals surface area (Å²) in [6.45, 7) is 1.35. The van der Waals surface area contributed by atoms with E-state index >= 15 is 0 Å². The van der Waals surface area contributed by atoms with Crippen LogP contribution in [0.3, 0.4) is 0 Å². The van der Waals surface area contributed by atoms with E-state index in [2.05, 4.69) is 9.97 Å². The fraction of sp³-hybridized carbons (Fsp3) is 0.0667. The van der Waals surface area contributed by atoms with Crippen LogP contribution < -0.4 is 16.1 Å². The van der Waals surface area contributed by atoms with E-state index in [9.17, 15) is 29.7 Å². The number of hydrogen-bond acceptors (Lipinski definition) is 6. The maximum Gasteiger partial charge on any atom is 0.337 e. The lowest BCUT2D eigenvalue weighted by molar-refractivity contribution is 0.0699. The third-order valence-electron chi connectivity index (χ3n) is 3.64. The van der Waals surface area contributed by atoms with E-state index in [1.807, 2.05) is 0 Å². The second-order valence-corrected chi connectivity index (χ2v) is 4.95. The Morgan fingerprint density at radius 3 is 2.52 bits per heavy atom. The molecule has 23 heavy (non-hydrogen) atoms. The minimum absolute atomic E-state index is 0.0367. The van der Waals surface area contributed by atoms with Crippen molar-refractivity contribution in [1.29, 1.82) is 0 Å². The van der Waals surface area contributed by atoms with Gasteiger partial charge in [0, 0.05) is 5.56 Å². The zero-order valence-corrected chi connectivity index (χ0v) is 11.7. The Morgan fingerprint density at radius 2 is 1.91 bits per heavy atom. The molecular weight excluding hydrogens is 304 g/mol. The molecule has 8 heteroatoms. The molecule has 3 aromatic rings. The van der Waals surface area contributed by atoms with E-state index < -0.39 is 22.6 Å². The van der Waals surface area contributed by atoms with Crippen molar-refractivity contribution in [3.05, 3.63) is 48.9 Å². The van der Waals surface area contributed by atoms with Gasteiger partial charge >= 0.3 is 5.97 Å². The van der Waals surface area contributed by atoms with Gasteiger partial charge in [-0.05, 0) is 19.1 Å². The van der Waals surface area contributed by atoms with Crippen molar-refractivity contribution in [2.75, 3.05) is 0 Å². The molecule has 0 saturated carbocycles. The number of nitrogens with zero attached hydrogens (tertiary/aromatic N) is 1. The minimum atomic E-state index is -1.29. The molecule has 0 aliphatic carbocycles. The van der Waals surface area contributed by atoms with Crippen molar-refractivity contribution in [2.45, 2.75) is 6.92 Å². The molecule has 0 spiro atoms. The van der Waals surface area contributed by atoms with Gasteiger partial charge in [0.2, 0.25) is 10.9 Å². The van der Waals surface area contributed by atoms with E-state index in [-0.39, 0.29) is 38.4 Å². The lowest BCUT2D eigenvalue weighted by Gasteiger charge is -2.07. The molecule has 1 heterocycles. The SMILES string of the molecule is Cc1c(O)/c(=C\O)c2nc3c(=O)ccc(C(=O)O)c3[nH]c2c1=O. The first kappa shape index (κ1) is 14.5. The molecule has 0 unspecified atom stereocenters. The number of nitrogens with one attached hydrogen (secondary N) is 1. The van der Waals surface area contributed by atoms with Crippen LogP contribution in [-0.2, 0) is 0 Å². The van der Waals surface area contributed by atoms with Gasteiger partial charge in [0.15, 0.2) is 0 Å². The number of hydrogen-bond donors (Lipinski definition) is 4. The van der Waals surface area contributed by atoms with Gasteiger partial charge in [-0.25, -0.2) is 9.78 Å². The molecule has 116 valence electrons. The Morgan fingerprint density at radius 1 is 1.22 bits per heavy atom. The number of aromatic amines is 1. The first-order valence-electron chi connectivity index (χ1n) is 6.46. The molecule has 1 aromatic heterocycles. The summed E-state index contributed by atoms with van der Waals surface area (Å²) in [6, 6.07) is 2.17. The van der Waals surface area contributed by atoms with Crippen LogP contribution in [0, 0.1) is 6.92 Å². The third-order valence-corrected chi connectivity index (χ3v) is 3.64. The van der Waals surface area contributed by atoms with E-state index in [0.717, 1.165) is 12.1 Å². The summed E-state index contributed by atoms with van der Waals surface area (Å²) < 4.78 is 0. The number of aromatic nitrogens is 2. The van der Waals surface area contributed by atoms with Crippen LogP contribution in [-0.4, -0.2) is 31.3 Å². The summed E-state index contributed by atoms with van der Waals surface area (Å²) >= 11 is 0. The molecule has 0 radical (unpaired) electrons. The van der Waals surface area contributed by atoms with Crippen LogP contribution in [0.5, 0.6) is 5.75 Å². The highest BCUT2D eigenvalue weighted by Crippen LogP contribution is 2.17. The number of H-pyrrole nitrogens is 1. The number of carboxylic acid groups (broad SMARTS) is 1. The van der Waals surface area contributed by atoms with E-state index in [1.54, 1.807) is 0 Å². The maximum absolute atomic E-state index is 12.3. The minimum Gasteiger partial charge on any atom is -0.515 e. The Kier molecular flexibility index (Phi) is 3.03. The Labute approximate surface area is 127 Å². The van der Waals surface area contributed by atoms with Gasteiger partial charge in [-0.3, -0.25) is 9.59 Å². The van der Waals surface area contributed by atoms with Crippen LogP contribution in [0.4, 0.5) is 0 Å². The standard InChI is InChI=1S/C15H10N2O6/c1-5-13(20)7(4-18)10-12(14(5)21)17-9-6(15(22)23)2-3-8(19)11(9)16-10/h2-4,17-18,20H,1H3,(H,22,23)/b7-4-. The molecule has 0 aliphatic rings. The Balaban J connectivity index is 2.72. The number of aliphatic hydroxyl groups excluding tert-OH is 1. The summed E-state index contributed by atoms with van der Waals surface area (Å²) in [7, 11) is 0. The van der Waals surface area contributed by atoms with Crippen molar-refractivity contribution < 1.29 is 20.1 Å². The smallest absolute Gasteiger partial charge is 0.337 e. The molecule has 0 amide bonds. The van der Waals surface area contributed by atoms with Crippen molar-refractivity contribution in [2.24, 2.45) is 0 Å². The fourth-order valence-corrected chi connectivity index (χ4v) is 2.43. The predicted octanol–water partition coefficient (Wildman–Crippen LogP) is 0.164. The maximum atomic E-state index is 12.3. The molecule has 0 atom stereocenters. The van der Waals surface area contributed by atoms with E-state index in [1.165, 1.54) is 6.92 Å². The molecule has 0 saturated heterocycles. The molecule has 0 bridgehead atoms. The summed E-state index contributed by atoms with van der Waals surface area (Å²) in [5, 5.41) is 28.3. The van der Waals surface area contributed by atoms with Crippen molar-refractivity contribution in [1.82, 2.24) is 9.97 Å². The van der Waals surface area contributed by atoms with E-state index in [4.69, 9.17) is 0 Å². The quantitative estimate of drug-likeness (QED) is 0.469. The predicted molar refractivity (Wildman–Crippen MR) is 81.8 cm³/mol. The van der Waals surface area contributed by atoms with Crippen molar-refractivity contribution in [3.63, 3.8) is 0 Å². The zero-order valence-electron chi connectivity index (χ0n) is 11.7. The average molecular weight is 314 g/mol. The molecule has 8 nitrogen and oxygen atoms in total. The van der Waals surface area contributed by atoms with Crippen LogP contribution in [0.25, 0.3) is 28.3 Å². The zero-order chi connectivity index (χ0) is 16.9. The number of fused-ring (bicyclic) bond motifs is 2. The monoisotopic (exact) mass is 314 g/mol. The topological polar surface area (TPSA) is 141 Å². The van der Waals surface area contributed by atoms with Gasteiger partial charge in [-0.1, -0.05) is 0 Å². The molecule has 0 aliphatic heterocycles. The molecule has 3 rings (SSSR count). The van der Waals surface area contributed by atoms with Gasteiger partial charge in [-0.2, -0.15) is 0 Å². The highest BCUT2D eigenvalue weighted by atomic mass is 16.4. The lowest BCUT2D eigenvalue weighted by atomic mass is 10.1.